The Morgan fingerprint density at radius 2 is 1.80 bits per heavy atom. The van der Waals surface area contributed by atoms with E-state index in [9.17, 15) is 0 Å². The molecular weight excluding hydrogens is 466 g/mol. The van der Waals surface area contributed by atoms with Crippen molar-refractivity contribution in [3.63, 3.8) is 0 Å². The lowest BCUT2D eigenvalue weighted by molar-refractivity contribution is 0.301. The van der Waals surface area contributed by atoms with Gasteiger partial charge in [0.1, 0.15) is 17.1 Å². The summed E-state index contributed by atoms with van der Waals surface area (Å²) in [5, 5.41) is 9.13. The quantitative estimate of drug-likeness (QED) is 0.456. The lowest BCUT2D eigenvalue weighted by atomic mass is 10.1. The first-order valence-electron chi connectivity index (χ1n) is 11.9. The van der Waals surface area contributed by atoms with Crippen molar-refractivity contribution in [2.45, 2.75) is 51.0 Å². The van der Waals surface area contributed by atoms with Crippen molar-refractivity contribution in [2.75, 3.05) is 26.6 Å². The molecule has 35 heavy (non-hydrogen) atoms. The average molecular weight is 496 g/mol. The maximum atomic E-state index is 6.42. The van der Waals surface area contributed by atoms with Crippen molar-refractivity contribution < 1.29 is 14.2 Å². The lowest BCUT2D eigenvalue weighted by Crippen LogP contribution is -2.21. The Labute approximate surface area is 210 Å². The Bertz CT molecular complexity index is 1310. The Morgan fingerprint density at radius 3 is 2.49 bits per heavy atom. The number of hydrogen-bond donors (Lipinski definition) is 1. The smallest absolute Gasteiger partial charge is 0.182 e. The van der Waals surface area contributed by atoms with Gasteiger partial charge in [-0.2, -0.15) is 0 Å². The molecule has 0 bridgehead atoms. The summed E-state index contributed by atoms with van der Waals surface area (Å²) in [6.45, 7) is 2.02. The molecule has 184 valence electrons. The molecule has 1 N–H and O–H groups in total. The minimum Gasteiger partial charge on any atom is -0.496 e. The standard InChI is InChI=1S/C26H30ClN5O3/c1-15-23-25(29-18-10-12-20(33-2)19(27)14-18)30-24(17-9-11-21(34-3)22(13-17)35-4)31-32(23)26(28-15)16-7-5-6-8-16/h9,11-14,16,18H,5-8,10H2,1-4H3,(H,29,30,31). The van der Waals surface area contributed by atoms with Crippen LogP contribution in [0.25, 0.3) is 16.9 Å². The summed E-state index contributed by atoms with van der Waals surface area (Å²) in [5.41, 5.74) is 2.63. The maximum Gasteiger partial charge on any atom is 0.182 e. The molecule has 2 aliphatic rings. The molecule has 1 fully saturated rings. The van der Waals surface area contributed by atoms with Crippen molar-refractivity contribution in [3.8, 4) is 22.9 Å². The van der Waals surface area contributed by atoms with Gasteiger partial charge in [-0.3, -0.25) is 0 Å². The highest BCUT2D eigenvalue weighted by Crippen LogP contribution is 2.37. The van der Waals surface area contributed by atoms with Gasteiger partial charge >= 0.3 is 0 Å². The largest absolute Gasteiger partial charge is 0.496 e. The molecule has 3 aromatic rings. The monoisotopic (exact) mass is 495 g/mol. The number of nitrogens with one attached hydrogen (secondary N) is 1. The molecule has 5 rings (SSSR count). The van der Waals surface area contributed by atoms with E-state index in [4.69, 9.17) is 40.9 Å². The highest BCUT2D eigenvalue weighted by molar-refractivity contribution is 6.31. The number of aryl methyl sites for hydroxylation is 1. The summed E-state index contributed by atoms with van der Waals surface area (Å²) >= 11 is 6.42. The second-order valence-corrected chi connectivity index (χ2v) is 9.33. The number of imidazole rings is 1. The second kappa shape index (κ2) is 9.77. The molecule has 1 saturated carbocycles. The van der Waals surface area contributed by atoms with E-state index in [1.807, 2.05) is 41.8 Å². The van der Waals surface area contributed by atoms with E-state index in [0.29, 0.717) is 34.0 Å². The highest BCUT2D eigenvalue weighted by Gasteiger charge is 2.27. The predicted octanol–water partition coefficient (Wildman–Crippen LogP) is 5.61. The van der Waals surface area contributed by atoms with Crippen molar-refractivity contribution >= 4 is 22.9 Å². The van der Waals surface area contributed by atoms with Gasteiger partial charge in [-0.1, -0.05) is 24.4 Å². The van der Waals surface area contributed by atoms with Gasteiger partial charge in [-0.25, -0.2) is 14.5 Å². The predicted molar refractivity (Wildman–Crippen MR) is 136 cm³/mol. The Kier molecular flexibility index (Phi) is 6.56. The zero-order valence-corrected chi connectivity index (χ0v) is 21.2. The summed E-state index contributed by atoms with van der Waals surface area (Å²) in [4.78, 5) is 9.92. The van der Waals surface area contributed by atoms with Crippen LogP contribution in [-0.4, -0.2) is 47.0 Å². The highest BCUT2D eigenvalue weighted by atomic mass is 35.5. The molecule has 8 nitrogen and oxygen atoms in total. The van der Waals surface area contributed by atoms with Gasteiger partial charge in [0.25, 0.3) is 0 Å². The first-order chi connectivity index (χ1) is 17.0. The molecule has 9 heteroatoms. The second-order valence-electron chi connectivity index (χ2n) is 8.92. The van der Waals surface area contributed by atoms with Crippen molar-refractivity contribution in [3.05, 3.63) is 52.7 Å². The topological polar surface area (TPSA) is 82.8 Å². The van der Waals surface area contributed by atoms with Crippen LogP contribution >= 0.6 is 11.6 Å². The summed E-state index contributed by atoms with van der Waals surface area (Å²) in [6.07, 6.45) is 9.36. The summed E-state index contributed by atoms with van der Waals surface area (Å²) in [5.74, 6) is 4.67. The Balaban J connectivity index is 1.63. The summed E-state index contributed by atoms with van der Waals surface area (Å²) in [7, 11) is 4.87. The van der Waals surface area contributed by atoms with E-state index in [-0.39, 0.29) is 6.04 Å². The Hall–Kier alpha value is -3.26. The van der Waals surface area contributed by atoms with E-state index < -0.39 is 0 Å². The van der Waals surface area contributed by atoms with Gasteiger partial charge in [-0.05, 0) is 56.5 Å². The molecule has 2 heterocycles. The van der Waals surface area contributed by atoms with Gasteiger partial charge < -0.3 is 19.5 Å². The molecule has 0 spiro atoms. The number of fused-ring (bicyclic) bond motifs is 1. The van der Waals surface area contributed by atoms with E-state index in [1.54, 1.807) is 21.3 Å². The molecule has 1 aromatic carbocycles. The fraction of sp³-hybridized carbons (Fsp3) is 0.423. The third kappa shape index (κ3) is 4.43. The number of allylic oxidation sites excluding steroid dienone is 1. The van der Waals surface area contributed by atoms with Gasteiger partial charge in [0.05, 0.1) is 38.1 Å². The van der Waals surface area contributed by atoms with Crippen molar-refractivity contribution in [1.29, 1.82) is 0 Å². The summed E-state index contributed by atoms with van der Waals surface area (Å²) in [6, 6.07) is 5.67. The summed E-state index contributed by atoms with van der Waals surface area (Å²) < 4.78 is 18.3. The number of ether oxygens (including phenoxy) is 3. The molecule has 0 saturated heterocycles. The minimum atomic E-state index is -0.0393. The number of hydrogen-bond acceptors (Lipinski definition) is 7. The number of benzene rings is 1. The lowest BCUT2D eigenvalue weighted by Gasteiger charge is -2.21. The van der Waals surface area contributed by atoms with Crippen molar-refractivity contribution in [1.82, 2.24) is 19.6 Å². The third-order valence-electron chi connectivity index (χ3n) is 6.73. The van der Waals surface area contributed by atoms with Crippen LogP contribution in [-0.2, 0) is 4.74 Å². The first kappa shape index (κ1) is 23.5. The first-order valence-corrected chi connectivity index (χ1v) is 12.3. The van der Waals surface area contributed by atoms with Crippen LogP contribution in [0.2, 0.25) is 0 Å². The molecule has 2 aromatic heterocycles. The number of rotatable bonds is 7. The number of halogens is 1. The maximum absolute atomic E-state index is 6.42. The van der Waals surface area contributed by atoms with E-state index in [1.165, 1.54) is 12.8 Å². The minimum absolute atomic E-state index is 0.0393. The molecular formula is C26H30ClN5O3. The normalized spacial score (nSPS) is 18.4. The van der Waals surface area contributed by atoms with E-state index in [2.05, 4.69) is 5.32 Å². The van der Waals surface area contributed by atoms with Gasteiger partial charge in [0.15, 0.2) is 23.1 Å². The fourth-order valence-corrected chi connectivity index (χ4v) is 5.26. The molecule has 0 radical (unpaired) electrons. The fourth-order valence-electron chi connectivity index (χ4n) is 4.95. The van der Waals surface area contributed by atoms with Crippen LogP contribution in [0.15, 0.2) is 41.1 Å². The average Bonchev–Trinajstić information content (AvgIpc) is 3.52. The van der Waals surface area contributed by atoms with Crippen LogP contribution in [0.1, 0.15) is 49.5 Å². The van der Waals surface area contributed by atoms with E-state index in [0.717, 1.165) is 47.7 Å². The van der Waals surface area contributed by atoms with Crippen LogP contribution < -0.4 is 14.8 Å². The Morgan fingerprint density at radius 1 is 1.03 bits per heavy atom. The van der Waals surface area contributed by atoms with Crippen molar-refractivity contribution in [2.24, 2.45) is 0 Å². The van der Waals surface area contributed by atoms with Crippen LogP contribution in [0.5, 0.6) is 11.5 Å². The van der Waals surface area contributed by atoms with Crippen LogP contribution in [0.3, 0.4) is 0 Å². The SMILES string of the molecule is COC1=CCC(Nc2nc(-c3ccc(OC)c(OC)c3)nn3c(C4CCCC4)nc(C)c23)C=C1Cl. The van der Waals surface area contributed by atoms with Crippen LogP contribution in [0.4, 0.5) is 5.82 Å². The molecule has 0 amide bonds. The van der Waals surface area contributed by atoms with E-state index >= 15 is 0 Å². The number of methoxy groups -OCH3 is 3. The zero-order valence-electron chi connectivity index (χ0n) is 20.5. The molecule has 1 atom stereocenters. The molecule has 1 unspecified atom stereocenters. The van der Waals surface area contributed by atoms with Gasteiger partial charge in [0, 0.05) is 11.5 Å². The number of aromatic nitrogens is 4. The third-order valence-corrected chi connectivity index (χ3v) is 7.05. The number of nitrogens with zero attached hydrogens (tertiary/aromatic N) is 4. The number of anilines is 1. The molecule has 2 aliphatic carbocycles. The molecule has 0 aliphatic heterocycles. The zero-order chi connectivity index (χ0) is 24.5. The van der Waals surface area contributed by atoms with Crippen LogP contribution in [0, 0.1) is 6.92 Å². The van der Waals surface area contributed by atoms with Gasteiger partial charge in [-0.15, -0.1) is 5.10 Å². The van der Waals surface area contributed by atoms with Gasteiger partial charge in [0.2, 0.25) is 0 Å².